The molecular weight excluding hydrogens is 424 g/mol. The fourth-order valence-electron chi connectivity index (χ4n) is 3.22. The molecule has 0 fully saturated rings. The summed E-state index contributed by atoms with van der Waals surface area (Å²) in [5.41, 5.74) is 0.960. The third-order valence-corrected chi connectivity index (χ3v) is 4.67. The lowest BCUT2D eigenvalue weighted by Crippen LogP contribution is -2.57. The van der Waals surface area contributed by atoms with Gasteiger partial charge in [0.15, 0.2) is 0 Å². The van der Waals surface area contributed by atoms with Gasteiger partial charge >= 0.3 is 12.1 Å². The third-order valence-electron chi connectivity index (χ3n) is 4.67. The van der Waals surface area contributed by atoms with Crippen molar-refractivity contribution in [1.29, 1.82) is 0 Å². The normalized spacial score (nSPS) is 13.9. The van der Waals surface area contributed by atoms with Crippen LogP contribution in [-0.4, -0.2) is 46.9 Å². The summed E-state index contributed by atoms with van der Waals surface area (Å²) in [6.07, 6.45) is -1.46. The second-order valence-electron chi connectivity index (χ2n) is 8.71. The number of carboxylic acid groups (broad SMARTS) is 1. The summed E-state index contributed by atoms with van der Waals surface area (Å²) in [5.74, 6) is -1.85. The molecule has 0 radical (unpaired) electrons. The molecule has 0 saturated carbocycles. The Labute approximate surface area is 194 Å². The van der Waals surface area contributed by atoms with E-state index >= 15 is 0 Å². The zero-order chi connectivity index (χ0) is 24.4. The van der Waals surface area contributed by atoms with Crippen molar-refractivity contribution in [2.75, 3.05) is 0 Å². The average Bonchev–Trinajstić information content (AvgIpc) is 2.75. The highest BCUT2D eigenvalue weighted by Gasteiger charge is 2.33. The van der Waals surface area contributed by atoms with Crippen molar-refractivity contribution in [3.8, 4) is 0 Å². The van der Waals surface area contributed by atoms with Gasteiger partial charge in [-0.05, 0) is 38.8 Å². The second kappa shape index (κ2) is 12.0. The van der Waals surface area contributed by atoms with Crippen molar-refractivity contribution in [1.82, 2.24) is 10.6 Å². The quantitative estimate of drug-likeness (QED) is 0.506. The van der Waals surface area contributed by atoms with Gasteiger partial charge < -0.3 is 25.2 Å². The molecule has 0 saturated heterocycles. The average molecular weight is 457 g/mol. The summed E-state index contributed by atoms with van der Waals surface area (Å²) in [6, 6.07) is 15.8. The zero-order valence-electron chi connectivity index (χ0n) is 19.4. The van der Waals surface area contributed by atoms with Gasteiger partial charge in [-0.1, -0.05) is 60.7 Å². The molecule has 0 aromatic heterocycles. The third kappa shape index (κ3) is 9.33. The van der Waals surface area contributed by atoms with E-state index in [9.17, 15) is 19.5 Å². The lowest BCUT2D eigenvalue weighted by Gasteiger charge is -2.31. The molecule has 0 aliphatic carbocycles. The van der Waals surface area contributed by atoms with Crippen molar-refractivity contribution < 1.29 is 29.0 Å². The molecule has 8 nitrogen and oxygen atoms in total. The monoisotopic (exact) mass is 456 g/mol. The minimum Gasteiger partial charge on any atom is -0.480 e. The molecule has 0 aliphatic rings. The maximum atomic E-state index is 13.1. The maximum Gasteiger partial charge on any atom is 0.408 e. The van der Waals surface area contributed by atoms with E-state index < -0.39 is 41.8 Å². The summed E-state index contributed by atoms with van der Waals surface area (Å²) in [4.78, 5) is 37.3. The maximum absolute atomic E-state index is 13.1. The van der Waals surface area contributed by atoms with Crippen molar-refractivity contribution >= 4 is 18.0 Å². The number of amides is 2. The molecule has 2 amide bonds. The highest BCUT2D eigenvalue weighted by atomic mass is 16.6. The van der Waals surface area contributed by atoms with Crippen LogP contribution < -0.4 is 10.6 Å². The van der Waals surface area contributed by atoms with Gasteiger partial charge in [0.05, 0.1) is 11.7 Å². The molecule has 3 N–H and O–H groups in total. The Morgan fingerprint density at radius 3 is 1.97 bits per heavy atom. The molecule has 0 bridgehead atoms. The summed E-state index contributed by atoms with van der Waals surface area (Å²) < 4.78 is 11.1. The number of nitrogens with one attached hydrogen (secondary N) is 2. The Kier molecular flexibility index (Phi) is 9.42. The summed E-state index contributed by atoms with van der Waals surface area (Å²) in [7, 11) is 0. The number of aliphatic carboxylic acids is 1. The van der Waals surface area contributed by atoms with Crippen LogP contribution in [0.1, 0.15) is 38.8 Å². The van der Waals surface area contributed by atoms with E-state index in [0.717, 1.165) is 11.1 Å². The van der Waals surface area contributed by atoms with Gasteiger partial charge in [-0.15, -0.1) is 0 Å². The number of rotatable bonds is 10. The van der Waals surface area contributed by atoms with Crippen LogP contribution in [-0.2, 0) is 32.1 Å². The Hall–Kier alpha value is -3.39. The molecule has 33 heavy (non-hydrogen) atoms. The van der Waals surface area contributed by atoms with Crippen molar-refractivity contribution in [3.63, 3.8) is 0 Å². The molecule has 0 heterocycles. The van der Waals surface area contributed by atoms with Crippen LogP contribution in [0.3, 0.4) is 0 Å². The minimum absolute atomic E-state index is 0.0290. The van der Waals surface area contributed by atoms with Crippen LogP contribution in [0, 0.1) is 0 Å². The molecule has 3 atom stereocenters. The SMILES string of the molecule is CC(OC(C)(C)C)[C@H](NC(=O)OCc1ccccc1)C(=O)N[C@@H](Cc1ccccc1)C(=O)O. The van der Waals surface area contributed by atoms with E-state index in [1.807, 2.05) is 57.2 Å². The lowest BCUT2D eigenvalue weighted by atomic mass is 10.0. The first kappa shape index (κ1) is 25.9. The fraction of sp³-hybridized carbons (Fsp3) is 0.400. The molecule has 1 unspecified atom stereocenters. The first-order valence-corrected chi connectivity index (χ1v) is 10.8. The number of carbonyl (C=O) groups is 3. The Morgan fingerprint density at radius 1 is 0.909 bits per heavy atom. The van der Waals surface area contributed by atoms with Gasteiger partial charge in [0, 0.05) is 6.42 Å². The number of hydrogen-bond donors (Lipinski definition) is 3. The van der Waals surface area contributed by atoms with Crippen LogP contribution >= 0.6 is 0 Å². The number of carbonyl (C=O) groups excluding carboxylic acids is 2. The predicted octanol–water partition coefficient (Wildman–Crippen LogP) is 3.30. The van der Waals surface area contributed by atoms with Gasteiger partial charge in [-0.2, -0.15) is 0 Å². The number of carboxylic acids is 1. The van der Waals surface area contributed by atoms with Gasteiger partial charge in [0.1, 0.15) is 18.7 Å². The number of ether oxygens (including phenoxy) is 2. The van der Waals surface area contributed by atoms with E-state index in [-0.39, 0.29) is 13.0 Å². The first-order chi connectivity index (χ1) is 15.5. The predicted molar refractivity (Wildman–Crippen MR) is 124 cm³/mol. The fourth-order valence-corrected chi connectivity index (χ4v) is 3.22. The van der Waals surface area contributed by atoms with E-state index in [1.165, 1.54) is 0 Å². The van der Waals surface area contributed by atoms with Gasteiger partial charge in [0.2, 0.25) is 5.91 Å². The lowest BCUT2D eigenvalue weighted by molar-refractivity contribution is -0.143. The first-order valence-electron chi connectivity index (χ1n) is 10.8. The molecule has 8 heteroatoms. The Bertz CT molecular complexity index is 911. The van der Waals surface area contributed by atoms with Crippen LogP contribution in [0.15, 0.2) is 60.7 Å². The number of benzene rings is 2. The van der Waals surface area contributed by atoms with E-state index in [1.54, 1.807) is 31.2 Å². The van der Waals surface area contributed by atoms with E-state index in [2.05, 4.69) is 10.6 Å². The smallest absolute Gasteiger partial charge is 0.408 e. The zero-order valence-corrected chi connectivity index (χ0v) is 19.4. The number of hydrogen-bond acceptors (Lipinski definition) is 5. The van der Waals surface area contributed by atoms with Gasteiger partial charge in [-0.3, -0.25) is 4.79 Å². The van der Waals surface area contributed by atoms with Crippen LogP contribution in [0.25, 0.3) is 0 Å². The topological polar surface area (TPSA) is 114 Å². The molecule has 2 rings (SSSR count). The van der Waals surface area contributed by atoms with E-state index in [0.29, 0.717) is 0 Å². The summed E-state index contributed by atoms with van der Waals surface area (Å²) >= 11 is 0. The summed E-state index contributed by atoms with van der Waals surface area (Å²) in [5, 5.41) is 14.7. The molecule has 2 aromatic carbocycles. The molecular formula is C25H32N2O6. The highest BCUT2D eigenvalue weighted by molar-refractivity contribution is 5.89. The van der Waals surface area contributed by atoms with Crippen LogP contribution in [0.5, 0.6) is 0 Å². The number of alkyl carbamates (subject to hydrolysis) is 1. The highest BCUT2D eigenvalue weighted by Crippen LogP contribution is 2.14. The standard InChI is InChI=1S/C25H32N2O6/c1-17(33-25(2,3)4)21(27-24(31)32-16-19-13-9-6-10-14-19)22(28)26-20(23(29)30)15-18-11-7-5-8-12-18/h5-14,17,20-21H,15-16H2,1-4H3,(H,26,28)(H,27,31)(H,29,30)/t17?,20-,21-/m0/s1. The van der Waals surface area contributed by atoms with E-state index in [4.69, 9.17) is 9.47 Å². The molecule has 178 valence electrons. The molecule has 2 aromatic rings. The largest absolute Gasteiger partial charge is 0.480 e. The minimum atomic E-state index is -1.18. The summed E-state index contributed by atoms with van der Waals surface area (Å²) in [6.45, 7) is 7.13. The Morgan fingerprint density at radius 2 is 1.45 bits per heavy atom. The van der Waals surface area contributed by atoms with Gasteiger partial charge in [0.25, 0.3) is 0 Å². The molecule has 0 aliphatic heterocycles. The van der Waals surface area contributed by atoms with Crippen LogP contribution in [0.4, 0.5) is 4.79 Å². The van der Waals surface area contributed by atoms with Crippen LogP contribution in [0.2, 0.25) is 0 Å². The van der Waals surface area contributed by atoms with Crippen molar-refractivity contribution in [2.45, 2.75) is 64.5 Å². The molecule has 0 spiro atoms. The van der Waals surface area contributed by atoms with Gasteiger partial charge in [-0.25, -0.2) is 9.59 Å². The van der Waals surface area contributed by atoms with Crippen molar-refractivity contribution in [2.24, 2.45) is 0 Å². The van der Waals surface area contributed by atoms with Crippen molar-refractivity contribution in [3.05, 3.63) is 71.8 Å². The Balaban J connectivity index is 2.10. The second-order valence-corrected chi connectivity index (χ2v) is 8.71.